The highest BCUT2D eigenvalue weighted by Gasteiger charge is 2.38. The molecule has 1 aromatic rings. The van der Waals surface area contributed by atoms with Gasteiger partial charge in [0.2, 0.25) is 17.7 Å². The van der Waals surface area contributed by atoms with E-state index in [4.69, 9.17) is 0 Å². The van der Waals surface area contributed by atoms with Crippen molar-refractivity contribution in [1.82, 2.24) is 10.2 Å². The van der Waals surface area contributed by atoms with Crippen molar-refractivity contribution < 1.29 is 14.4 Å². The number of nitrogens with one attached hydrogen (secondary N) is 1. The summed E-state index contributed by atoms with van der Waals surface area (Å²) in [5, 5.41) is 3.22. The molecule has 1 unspecified atom stereocenters. The summed E-state index contributed by atoms with van der Waals surface area (Å²) in [6.07, 6.45) is 7.42. The number of amides is 3. The van der Waals surface area contributed by atoms with Crippen LogP contribution >= 0.6 is 15.9 Å². The van der Waals surface area contributed by atoms with E-state index in [-0.39, 0.29) is 42.0 Å². The summed E-state index contributed by atoms with van der Waals surface area (Å²) in [6.45, 7) is 3.73. The molecular weight excluding hydrogens is 458 g/mol. The van der Waals surface area contributed by atoms with Crippen LogP contribution in [0.3, 0.4) is 0 Å². The number of carbonyl (C=O) groups is 3. The monoisotopic (exact) mass is 489 g/mol. The second-order valence-corrected chi connectivity index (χ2v) is 10.1. The van der Waals surface area contributed by atoms with E-state index in [9.17, 15) is 14.4 Å². The molecule has 0 aromatic heterocycles. The molecule has 1 aliphatic carbocycles. The molecule has 0 spiro atoms. The van der Waals surface area contributed by atoms with E-state index in [1.165, 1.54) is 6.42 Å². The first kappa shape index (κ1) is 22.3. The van der Waals surface area contributed by atoms with Crippen molar-refractivity contribution in [2.24, 2.45) is 11.8 Å². The summed E-state index contributed by atoms with van der Waals surface area (Å²) in [4.78, 5) is 41.8. The van der Waals surface area contributed by atoms with Crippen LogP contribution in [0.5, 0.6) is 0 Å². The average molecular weight is 490 g/mol. The maximum atomic E-state index is 13.1. The highest BCUT2D eigenvalue weighted by Crippen LogP contribution is 2.30. The minimum atomic E-state index is -0.287. The van der Waals surface area contributed by atoms with Gasteiger partial charge in [0.1, 0.15) is 0 Å². The molecular formula is C24H32BrN3O3. The Labute approximate surface area is 192 Å². The van der Waals surface area contributed by atoms with Crippen molar-refractivity contribution >= 4 is 39.3 Å². The predicted octanol–water partition coefficient (Wildman–Crippen LogP) is 3.80. The van der Waals surface area contributed by atoms with Crippen molar-refractivity contribution in [2.45, 2.75) is 64.3 Å². The number of nitrogens with zero attached hydrogens (tertiary/aromatic N) is 2. The van der Waals surface area contributed by atoms with Gasteiger partial charge in [0.25, 0.3) is 0 Å². The van der Waals surface area contributed by atoms with Crippen LogP contribution in [0.25, 0.3) is 0 Å². The molecule has 0 bridgehead atoms. The molecule has 1 atom stereocenters. The molecule has 2 aliphatic heterocycles. The molecule has 6 nitrogen and oxygen atoms in total. The predicted molar refractivity (Wildman–Crippen MR) is 124 cm³/mol. The van der Waals surface area contributed by atoms with E-state index in [1.54, 1.807) is 4.90 Å². The van der Waals surface area contributed by atoms with E-state index < -0.39 is 0 Å². The molecule has 3 aliphatic rings. The van der Waals surface area contributed by atoms with Crippen molar-refractivity contribution in [3.05, 3.63) is 28.2 Å². The van der Waals surface area contributed by atoms with Gasteiger partial charge in [-0.15, -0.1) is 0 Å². The first-order valence-electron chi connectivity index (χ1n) is 11.6. The lowest BCUT2D eigenvalue weighted by Gasteiger charge is -2.34. The number of anilines is 1. The lowest BCUT2D eigenvalue weighted by molar-refractivity contribution is -0.137. The number of halogens is 1. The Balaban J connectivity index is 1.28. The fraction of sp³-hybridized carbons (Fsp3) is 0.625. The van der Waals surface area contributed by atoms with Gasteiger partial charge in [-0.2, -0.15) is 0 Å². The van der Waals surface area contributed by atoms with E-state index in [1.807, 2.05) is 30.0 Å². The van der Waals surface area contributed by atoms with Crippen LogP contribution in [0.1, 0.15) is 56.9 Å². The van der Waals surface area contributed by atoms with E-state index in [2.05, 4.69) is 21.2 Å². The lowest BCUT2D eigenvalue weighted by atomic mass is 9.88. The zero-order valence-corrected chi connectivity index (χ0v) is 19.8. The van der Waals surface area contributed by atoms with Crippen LogP contribution in [0.4, 0.5) is 5.69 Å². The van der Waals surface area contributed by atoms with E-state index in [0.29, 0.717) is 19.6 Å². The first-order chi connectivity index (χ1) is 14.9. The molecule has 3 fully saturated rings. The van der Waals surface area contributed by atoms with Gasteiger partial charge in [-0.25, -0.2) is 0 Å². The molecule has 1 N–H and O–H groups in total. The number of hydrogen-bond acceptors (Lipinski definition) is 3. The Morgan fingerprint density at radius 3 is 2.42 bits per heavy atom. The minimum absolute atomic E-state index is 0.00898. The molecule has 1 aromatic carbocycles. The van der Waals surface area contributed by atoms with Crippen LogP contribution in [-0.4, -0.2) is 48.3 Å². The normalized spacial score (nSPS) is 23.3. The fourth-order valence-corrected chi connectivity index (χ4v) is 5.35. The molecule has 2 heterocycles. The third-order valence-corrected chi connectivity index (χ3v) is 7.95. The number of rotatable bonds is 4. The maximum Gasteiger partial charge on any atom is 0.228 e. The molecule has 4 rings (SSSR count). The Morgan fingerprint density at radius 1 is 1.03 bits per heavy atom. The average Bonchev–Trinajstić information content (AvgIpc) is 3.18. The van der Waals surface area contributed by atoms with Gasteiger partial charge in [0.15, 0.2) is 0 Å². The number of carbonyl (C=O) groups excluding carboxylic acids is 3. The number of piperidine rings is 1. The zero-order valence-electron chi connectivity index (χ0n) is 18.2. The van der Waals surface area contributed by atoms with Crippen LogP contribution in [0, 0.1) is 18.8 Å². The third kappa shape index (κ3) is 5.13. The SMILES string of the molecule is Cc1cc(N2CC(C(=O)N3CCC(NC(=O)C4CCCCC4)CC3)CC2=O)ccc1Br. The fourth-order valence-electron chi connectivity index (χ4n) is 5.11. The molecule has 1 saturated carbocycles. The minimum Gasteiger partial charge on any atom is -0.353 e. The largest absolute Gasteiger partial charge is 0.353 e. The number of benzene rings is 1. The van der Waals surface area contributed by atoms with Crippen molar-refractivity contribution in [3.8, 4) is 0 Å². The van der Waals surface area contributed by atoms with E-state index in [0.717, 1.165) is 54.2 Å². The summed E-state index contributed by atoms with van der Waals surface area (Å²) in [5.74, 6) is 0.165. The smallest absolute Gasteiger partial charge is 0.228 e. The second-order valence-electron chi connectivity index (χ2n) is 9.28. The maximum absolute atomic E-state index is 13.1. The van der Waals surface area contributed by atoms with Gasteiger partial charge in [0.05, 0.1) is 5.92 Å². The van der Waals surface area contributed by atoms with Crippen LogP contribution in [-0.2, 0) is 14.4 Å². The quantitative estimate of drug-likeness (QED) is 0.698. The Morgan fingerprint density at radius 2 is 1.74 bits per heavy atom. The van der Waals surface area contributed by atoms with Crippen LogP contribution in [0.15, 0.2) is 22.7 Å². The topological polar surface area (TPSA) is 69.7 Å². The van der Waals surface area contributed by atoms with Gasteiger partial charge < -0.3 is 15.1 Å². The summed E-state index contributed by atoms with van der Waals surface area (Å²) < 4.78 is 1.01. The highest BCUT2D eigenvalue weighted by molar-refractivity contribution is 9.10. The summed E-state index contributed by atoms with van der Waals surface area (Å²) >= 11 is 3.49. The van der Waals surface area contributed by atoms with Gasteiger partial charge >= 0.3 is 0 Å². The number of aryl methyl sites for hydroxylation is 1. The Hall–Kier alpha value is -1.89. The Kier molecular flexibility index (Phi) is 6.99. The first-order valence-corrected chi connectivity index (χ1v) is 12.4. The molecule has 168 valence electrons. The zero-order chi connectivity index (χ0) is 22.0. The molecule has 31 heavy (non-hydrogen) atoms. The molecule has 2 saturated heterocycles. The summed E-state index contributed by atoms with van der Waals surface area (Å²) in [6, 6.07) is 6.00. The molecule has 3 amide bonds. The van der Waals surface area contributed by atoms with Crippen molar-refractivity contribution in [2.75, 3.05) is 24.5 Å². The van der Waals surface area contributed by atoms with Gasteiger partial charge in [0, 0.05) is 48.2 Å². The second kappa shape index (κ2) is 9.72. The molecule has 0 radical (unpaired) electrons. The third-order valence-electron chi connectivity index (χ3n) is 7.06. The van der Waals surface area contributed by atoms with Gasteiger partial charge in [-0.3, -0.25) is 14.4 Å². The van der Waals surface area contributed by atoms with Crippen molar-refractivity contribution in [3.63, 3.8) is 0 Å². The number of hydrogen-bond donors (Lipinski definition) is 1. The summed E-state index contributed by atoms with van der Waals surface area (Å²) in [5.41, 5.74) is 1.92. The van der Waals surface area contributed by atoms with Crippen LogP contribution < -0.4 is 10.2 Å². The van der Waals surface area contributed by atoms with Gasteiger partial charge in [-0.1, -0.05) is 35.2 Å². The highest BCUT2D eigenvalue weighted by atomic mass is 79.9. The van der Waals surface area contributed by atoms with Crippen molar-refractivity contribution in [1.29, 1.82) is 0 Å². The standard InChI is InChI=1S/C24H32BrN3O3/c1-16-13-20(7-8-21(16)25)28-15-18(14-22(28)29)24(31)27-11-9-19(10-12-27)26-23(30)17-5-3-2-4-6-17/h7-8,13,17-19H,2-6,9-12,14-15H2,1H3,(H,26,30). The van der Waals surface area contributed by atoms with E-state index >= 15 is 0 Å². The summed E-state index contributed by atoms with van der Waals surface area (Å²) in [7, 11) is 0. The van der Waals surface area contributed by atoms with Gasteiger partial charge in [-0.05, 0) is 56.4 Å². The Bertz CT molecular complexity index is 844. The van der Waals surface area contributed by atoms with Crippen LogP contribution in [0.2, 0.25) is 0 Å². The number of likely N-dealkylation sites (tertiary alicyclic amines) is 1. The molecule has 7 heteroatoms. The lowest BCUT2D eigenvalue weighted by Crippen LogP contribution is -2.49.